The van der Waals surface area contributed by atoms with Gasteiger partial charge in [0.1, 0.15) is 12.6 Å². The van der Waals surface area contributed by atoms with E-state index in [9.17, 15) is 9.59 Å². The number of rotatable bonds is 5. The molecule has 0 amide bonds. The van der Waals surface area contributed by atoms with Crippen LogP contribution in [0.3, 0.4) is 0 Å². The summed E-state index contributed by atoms with van der Waals surface area (Å²) in [6.45, 7) is 1.26. The highest BCUT2D eigenvalue weighted by Gasteiger charge is 2.48. The van der Waals surface area contributed by atoms with E-state index in [4.69, 9.17) is 9.47 Å². The molecule has 0 aromatic heterocycles. The van der Waals surface area contributed by atoms with Gasteiger partial charge in [0.2, 0.25) is 0 Å². The molecule has 0 N–H and O–H groups in total. The highest BCUT2D eigenvalue weighted by atomic mass is 16.7. The standard InChI is InChI=1S/C13H20O4/c14-7-2-1-4-12(11-15)5-3-6-13(10-12)16-8-9-17-13/h7,11H,1-6,8-10H2/t12-/m1/s1. The van der Waals surface area contributed by atoms with Crippen LogP contribution in [0.1, 0.15) is 44.9 Å². The van der Waals surface area contributed by atoms with Gasteiger partial charge in [-0.15, -0.1) is 0 Å². The molecule has 2 rings (SSSR count). The summed E-state index contributed by atoms with van der Waals surface area (Å²) >= 11 is 0. The van der Waals surface area contributed by atoms with E-state index in [0.717, 1.165) is 44.7 Å². The molecule has 0 aromatic rings. The van der Waals surface area contributed by atoms with Crippen molar-refractivity contribution in [2.45, 2.75) is 50.7 Å². The Labute approximate surface area is 102 Å². The molecule has 0 aromatic carbocycles. The molecule has 1 aliphatic heterocycles. The van der Waals surface area contributed by atoms with Gasteiger partial charge in [-0.25, -0.2) is 0 Å². The average molecular weight is 240 g/mol. The fourth-order valence-corrected chi connectivity index (χ4v) is 3.08. The van der Waals surface area contributed by atoms with Gasteiger partial charge in [0.05, 0.1) is 13.2 Å². The van der Waals surface area contributed by atoms with Crippen molar-refractivity contribution in [2.75, 3.05) is 13.2 Å². The van der Waals surface area contributed by atoms with Gasteiger partial charge in [-0.1, -0.05) is 0 Å². The summed E-state index contributed by atoms with van der Waals surface area (Å²) in [7, 11) is 0. The Hall–Kier alpha value is -0.740. The van der Waals surface area contributed by atoms with E-state index in [1.54, 1.807) is 0 Å². The first-order valence-corrected chi connectivity index (χ1v) is 6.42. The lowest BCUT2D eigenvalue weighted by Crippen LogP contribution is -2.43. The van der Waals surface area contributed by atoms with E-state index in [-0.39, 0.29) is 5.41 Å². The lowest BCUT2D eigenvalue weighted by atomic mass is 9.69. The van der Waals surface area contributed by atoms with Crippen LogP contribution in [0, 0.1) is 5.41 Å². The Morgan fingerprint density at radius 2 is 1.88 bits per heavy atom. The van der Waals surface area contributed by atoms with Gasteiger partial charge in [-0.2, -0.15) is 0 Å². The van der Waals surface area contributed by atoms with E-state index >= 15 is 0 Å². The first-order valence-electron chi connectivity index (χ1n) is 6.42. The quantitative estimate of drug-likeness (QED) is 0.543. The van der Waals surface area contributed by atoms with Crippen molar-refractivity contribution in [1.29, 1.82) is 0 Å². The summed E-state index contributed by atoms with van der Waals surface area (Å²) < 4.78 is 11.4. The molecule has 2 fully saturated rings. The number of ether oxygens (including phenoxy) is 2. The van der Waals surface area contributed by atoms with E-state index < -0.39 is 5.79 Å². The monoisotopic (exact) mass is 240 g/mol. The minimum Gasteiger partial charge on any atom is -0.348 e. The van der Waals surface area contributed by atoms with Crippen LogP contribution in [0.25, 0.3) is 0 Å². The molecule has 2 aliphatic rings. The Bertz CT molecular complexity index is 283. The number of aldehydes is 2. The molecule has 96 valence electrons. The zero-order valence-electron chi connectivity index (χ0n) is 10.2. The summed E-state index contributed by atoms with van der Waals surface area (Å²) in [5, 5.41) is 0. The van der Waals surface area contributed by atoms with Crippen LogP contribution in [0.2, 0.25) is 0 Å². The topological polar surface area (TPSA) is 52.6 Å². The van der Waals surface area contributed by atoms with Gasteiger partial charge >= 0.3 is 0 Å². The third-order valence-corrected chi connectivity index (χ3v) is 3.91. The van der Waals surface area contributed by atoms with Crippen molar-refractivity contribution in [3.63, 3.8) is 0 Å². The van der Waals surface area contributed by atoms with Crippen molar-refractivity contribution in [1.82, 2.24) is 0 Å². The van der Waals surface area contributed by atoms with Gasteiger partial charge in [0, 0.05) is 24.7 Å². The minimum absolute atomic E-state index is 0.342. The predicted molar refractivity (Wildman–Crippen MR) is 61.5 cm³/mol. The number of hydrogen-bond acceptors (Lipinski definition) is 4. The van der Waals surface area contributed by atoms with Gasteiger partial charge in [-0.05, 0) is 25.7 Å². The van der Waals surface area contributed by atoms with Crippen LogP contribution < -0.4 is 0 Å². The molecule has 0 bridgehead atoms. The van der Waals surface area contributed by atoms with Crippen molar-refractivity contribution in [3.05, 3.63) is 0 Å². The maximum absolute atomic E-state index is 11.4. The second kappa shape index (κ2) is 5.27. The number of unbranched alkanes of at least 4 members (excludes halogenated alkanes) is 1. The summed E-state index contributed by atoms with van der Waals surface area (Å²) in [5.74, 6) is -0.514. The molecule has 1 aliphatic carbocycles. The maximum atomic E-state index is 11.4. The van der Waals surface area contributed by atoms with Crippen LogP contribution in [0.15, 0.2) is 0 Å². The molecule has 17 heavy (non-hydrogen) atoms. The molecule has 1 spiro atoms. The molecular formula is C13H20O4. The van der Waals surface area contributed by atoms with Gasteiger partial charge in [0.15, 0.2) is 5.79 Å². The van der Waals surface area contributed by atoms with Crippen LogP contribution in [-0.4, -0.2) is 31.6 Å². The normalized spacial score (nSPS) is 31.5. The lowest BCUT2D eigenvalue weighted by molar-refractivity contribution is -0.201. The van der Waals surface area contributed by atoms with Crippen molar-refractivity contribution in [3.8, 4) is 0 Å². The zero-order chi connectivity index (χ0) is 12.2. The fourth-order valence-electron chi connectivity index (χ4n) is 3.08. The molecule has 0 unspecified atom stereocenters. The summed E-state index contributed by atoms with van der Waals surface area (Å²) in [6, 6.07) is 0. The lowest BCUT2D eigenvalue weighted by Gasteiger charge is -2.41. The molecule has 1 heterocycles. The minimum atomic E-state index is -0.514. The number of carbonyl (C=O) groups excluding carboxylic acids is 2. The largest absolute Gasteiger partial charge is 0.348 e. The number of hydrogen-bond donors (Lipinski definition) is 0. The number of carbonyl (C=O) groups is 2. The van der Waals surface area contributed by atoms with E-state index in [0.29, 0.717) is 26.1 Å². The van der Waals surface area contributed by atoms with Crippen molar-refractivity contribution < 1.29 is 19.1 Å². The molecule has 4 nitrogen and oxygen atoms in total. The third-order valence-electron chi connectivity index (χ3n) is 3.91. The van der Waals surface area contributed by atoms with Crippen molar-refractivity contribution >= 4 is 12.6 Å². The molecule has 4 heteroatoms. The zero-order valence-corrected chi connectivity index (χ0v) is 10.2. The Morgan fingerprint density at radius 1 is 1.12 bits per heavy atom. The summed E-state index contributed by atoms with van der Waals surface area (Å²) in [5.41, 5.74) is -0.342. The predicted octanol–water partition coefficient (Wildman–Crippen LogP) is 1.86. The van der Waals surface area contributed by atoms with E-state index in [2.05, 4.69) is 0 Å². The van der Waals surface area contributed by atoms with E-state index in [1.807, 2.05) is 0 Å². The van der Waals surface area contributed by atoms with Crippen LogP contribution >= 0.6 is 0 Å². The first-order chi connectivity index (χ1) is 8.24. The van der Waals surface area contributed by atoms with Gasteiger partial charge in [0.25, 0.3) is 0 Å². The fraction of sp³-hybridized carbons (Fsp3) is 0.846. The first kappa shape index (κ1) is 12.7. The van der Waals surface area contributed by atoms with Gasteiger partial charge in [-0.3, -0.25) is 0 Å². The SMILES string of the molecule is O=CCCC[C@@]1(C=O)CCCC2(C1)OCCO2. The van der Waals surface area contributed by atoms with Gasteiger partial charge < -0.3 is 19.1 Å². The molecule has 1 atom stereocenters. The van der Waals surface area contributed by atoms with Crippen LogP contribution in [0.4, 0.5) is 0 Å². The van der Waals surface area contributed by atoms with Crippen LogP contribution in [0.5, 0.6) is 0 Å². The molecule has 1 saturated heterocycles. The van der Waals surface area contributed by atoms with Crippen molar-refractivity contribution in [2.24, 2.45) is 5.41 Å². The van der Waals surface area contributed by atoms with E-state index in [1.165, 1.54) is 0 Å². The molecule has 0 radical (unpaired) electrons. The maximum Gasteiger partial charge on any atom is 0.169 e. The summed E-state index contributed by atoms with van der Waals surface area (Å²) in [4.78, 5) is 21.8. The second-order valence-electron chi connectivity index (χ2n) is 5.18. The third kappa shape index (κ3) is 2.75. The molecule has 1 saturated carbocycles. The average Bonchev–Trinajstić information content (AvgIpc) is 2.78. The second-order valence-corrected chi connectivity index (χ2v) is 5.18. The smallest absolute Gasteiger partial charge is 0.169 e. The molecular weight excluding hydrogens is 220 g/mol. The highest BCUT2D eigenvalue weighted by Crippen LogP contribution is 2.47. The Kier molecular flexibility index (Phi) is 3.94. The Morgan fingerprint density at radius 3 is 2.53 bits per heavy atom. The van der Waals surface area contributed by atoms with Crippen LogP contribution in [-0.2, 0) is 19.1 Å². The highest BCUT2D eigenvalue weighted by molar-refractivity contribution is 5.60. The summed E-state index contributed by atoms with van der Waals surface area (Å²) in [6.07, 6.45) is 7.44. The Balaban J connectivity index is 2.00.